The lowest BCUT2D eigenvalue weighted by molar-refractivity contribution is 0.567. The minimum absolute atomic E-state index is 0.363. The highest BCUT2D eigenvalue weighted by molar-refractivity contribution is 5.18. The van der Waals surface area contributed by atoms with E-state index in [2.05, 4.69) is 10.4 Å². The maximum Gasteiger partial charge on any atom is 0.126 e. The molecule has 1 heterocycles. The van der Waals surface area contributed by atoms with Gasteiger partial charge in [0, 0.05) is 18.8 Å². The minimum Gasteiger partial charge on any atom is -0.311 e. The van der Waals surface area contributed by atoms with Gasteiger partial charge in [-0.25, -0.2) is 8.78 Å². The highest BCUT2D eigenvalue weighted by Gasteiger charge is 2.05. The molecule has 0 spiro atoms. The molecular formula is C13H15F2N3. The molecule has 0 bridgehead atoms. The van der Waals surface area contributed by atoms with Crippen LogP contribution in [0.3, 0.4) is 0 Å². The Bertz CT molecular complexity index is 502. The molecule has 0 radical (unpaired) electrons. The highest BCUT2D eigenvalue weighted by atomic mass is 19.1. The highest BCUT2D eigenvalue weighted by Crippen LogP contribution is 2.10. The number of nitrogens with zero attached hydrogens (tertiary/aromatic N) is 2. The summed E-state index contributed by atoms with van der Waals surface area (Å²) in [6, 6.07) is 5.40. The monoisotopic (exact) mass is 251 g/mol. The maximum absolute atomic E-state index is 13.1. The Morgan fingerprint density at radius 2 is 1.94 bits per heavy atom. The average Bonchev–Trinajstić information content (AvgIpc) is 2.72. The largest absolute Gasteiger partial charge is 0.311 e. The van der Waals surface area contributed by atoms with Gasteiger partial charge in [-0.05, 0) is 30.3 Å². The molecule has 96 valence electrons. The third kappa shape index (κ3) is 3.13. The fourth-order valence-corrected chi connectivity index (χ4v) is 1.78. The number of aromatic nitrogens is 2. The summed E-state index contributed by atoms with van der Waals surface area (Å²) in [5.41, 5.74) is 1.55. The van der Waals surface area contributed by atoms with Gasteiger partial charge in [-0.2, -0.15) is 5.10 Å². The Balaban J connectivity index is 2.15. The van der Waals surface area contributed by atoms with Crippen LogP contribution in [0, 0.1) is 11.6 Å². The van der Waals surface area contributed by atoms with E-state index in [1.165, 1.54) is 12.1 Å². The van der Waals surface area contributed by atoms with Crippen molar-refractivity contribution in [3.8, 4) is 0 Å². The molecule has 0 aliphatic rings. The van der Waals surface area contributed by atoms with Crippen molar-refractivity contribution in [3.63, 3.8) is 0 Å². The second-order valence-corrected chi connectivity index (χ2v) is 4.04. The second kappa shape index (κ2) is 5.73. The quantitative estimate of drug-likeness (QED) is 0.883. The van der Waals surface area contributed by atoms with Crippen LogP contribution in [0.4, 0.5) is 8.78 Å². The summed E-state index contributed by atoms with van der Waals surface area (Å²) in [4.78, 5) is 0. The number of hydrogen-bond acceptors (Lipinski definition) is 2. The lowest BCUT2D eigenvalue weighted by Crippen LogP contribution is -2.16. The summed E-state index contributed by atoms with van der Waals surface area (Å²) in [6.07, 6.45) is 1.68. The van der Waals surface area contributed by atoms with E-state index in [1.807, 2.05) is 13.0 Å². The van der Waals surface area contributed by atoms with E-state index >= 15 is 0 Å². The van der Waals surface area contributed by atoms with E-state index in [1.54, 1.807) is 10.9 Å². The minimum atomic E-state index is -0.564. The zero-order valence-corrected chi connectivity index (χ0v) is 10.2. The van der Waals surface area contributed by atoms with E-state index in [0.29, 0.717) is 18.7 Å². The summed E-state index contributed by atoms with van der Waals surface area (Å²) >= 11 is 0. The van der Waals surface area contributed by atoms with Gasteiger partial charge < -0.3 is 5.32 Å². The summed E-state index contributed by atoms with van der Waals surface area (Å²) in [5.74, 6) is -1.13. The van der Waals surface area contributed by atoms with Gasteiger partial charge in [-0.1, -0.05) is 6.92 Å². The fourth-order valence-electron chi connectivity index (χ4n) is 1.78. The van der Waals surface area contributed by atoms with E-state index in [9.17, 15) is 8.78 Å². The van der Waals surface area contributed by atoms with Gasteiger partial charge >= 0.3 is 0 Å². The number of benzene rings is 1. The Morgan fingerprint density at radius 3 is 2.61 bits per heavy atom. The van der Waals surface area contributed by atoms with Crippen molar-refractivity contribution in [2.45, 2.75) is 20.0 Å². The van der Waals surface area contributed by atoms with Gasteiger partial charge in [0.25, 0.3) is 0 Å². The smallest absolute Gasteiger partial charge is 0.126 e. The molecule has 0 fully saturated rings. The van der Waals surface area contributed by atoms with Gasteiger partial charge in [0.2, 0.25) is 0 Å². The Morgan fingerprint density at radius 1 is 1.22 bits per heavy atom. The van der Waals surface area contributed by atoms with Crippen LogP contribution < -0.4 is 5.32 Å². The van der Waals surface area contributed by atoms with Gasteiger partial charge in [0.15, 0.2) is 0 Å². The van der Waals surface area contributed by atoms with Gasteiger partial charge in [0.05, 0.1) is 12.2 Å². The maximum atomic E-state index is 13.1. The predicted octanol–water partition coefficient (Wildman–Crippen LogP) is 2.32. The van der Waals surface area contributed by atoms with Gasteiger partial charge in [0.1, 0.15) is 11.6 Å². The van der Waals surface area contributed by atoms with Crippen LogP contribution in [0.1, 0.15) is 18.2 Å². The molecule has 0 aliphatic heterocycles. The Hall–Kier alpha value is -1.75. The van der Waals surface area contributed by atoms with Crippen LogP contribution in [0.15, 0.2) is 30.5 Å². The van der Waals surface area contributed by atoms with Gasteiger partial charge in [-0.15, -0.1) is 0 Å². The molecule has 3 nitrogen and oxygen atoms in total. The van der Waals surface area contributed by atoms with Crippen LogP contribution in [-0.4, -0.2) is 16.3 Å². The van der Waals surface area contributed by atoms with Crippen LogP contribution in [0.25, 0.3) is 0 Å². The molecule has 0 amide bonds. The number of hydrogen-bond donors (Lipinski definition) is 1. The summed E-state index contributed by atoms with van der Waals surface area (Å²) in [5, 5.41) is 7.35. The molecule has 0 saturated heterocycles. The zero-order chi connectivity index (χ0) is 13.0. The third-order valence-corrected chi connectivity index (χ3v) is 2.62. The first-order chi connectivity index (χ1) is 8.69. The van der Waals surface area contributed by atoms with Crippen molar-refractivity contribution >= 4 is 0 Å². The standard InChI is InChI=1S/C13H15F2N3/c1-2-16-8-13-3-4-17-18(13)9-10-5-11(14)7-12(15)6-10/h3-7,16H,2,8-9H2,1H3. The SMILES string of the molecule is CCNCc1ccnn1Cc1cc(F)cc(F)c1. The van der Waals surface area contributed by atoms with Crippen LogP contribution in [0.2, 0.25) is 0 Å². The number of nitrogens with one attached hydrogen (secondary N) is 1. The fraction of sp³-hybridized carbons (Fsp3) is 0.308. The second-order valence-electron chi connectivity index (χ2n) is 4.04. The van der Waals surface area contributed by atoms with Crippen molar-refractivity contribution in [1.29, 1.82) is 0 Å². The van der Waals surface area contributed by atoms with Crippen molar-refractivity contribution in [2.24, 2.45) is 0 Å². The van der Waals surface area contributed by atoms with Crippen LogP contribution >= 0.6 is 0 Å². The topological polar surface area (TPSA) is 29.9 Å². The molecule has 0 unspecified atom stereocenters. The van der Waals surface area contributed by atoms with Crippen molar-refractivity contribution < 1.29 is 8.78 Å². The van der Waals surface area contributed by atoms with Crippen LogP contribution in [-0.2, 0) is 13.1 Å². The molecule has 2 aromatic rings. The Labute approximate surface area is 104 Å². The summed E-state index contributed by atoms with van der Waals surface area (Å²) in [7, 11) is 0. The molecule has 1 aromatic carbocycles. The molecule has 5 heteroatoms. The van der Waals surface area contributed by atoms with Crippen molar-refractivity contribution in [1.82, 2.24) is 15.1 Å². The number of halogens is 2. The molecule has 0 atom stereocenters. The Kier molecular flexibility index (Phi) is 4.04. The van der Waals surface area contributed by atoms with E-state index in [4.69, 9.17) is 0 Å². The molecule has 1 N–H and O–H groups in total. The lowest BCUT2D eigenvalue weighted by Gasteiger charge is -2.08. The van der Waals surface area contributed by atoms with Crippen LogP contribution in [0.5, 0.6) is 0 Å². The molecule has 0 aliphatic carbocycles. The van der Waals surface area contributed by atoms with Gasteiger partial charge in [-0.3, -0.25) is 4.68 Å². The summed E-state index contributed by atoms with van der Waals surface area (Å²) < 4.78 is 27.9. The van der Waals surface area contributed by atoms with E-state index in [-0.39, 0.29) is 0 Å². The predicted molar refractivity (Wildman–Crippen MR) is 65.1 cm³/mol. The average molecular weight is 251 g/mol. The van der Waals surface area contributed by atoms with Crippen molar-refractivity contribution in [2.75, 3.05) is 6.54 Å². The summed E-state index contributed by atoms with van der Waals surface area (Å²) in [6.45, 7) is 3.93. The van der Waals surface area contributed by atoms with Crippen molar-refractivity contribution in [3.05, 3.63) is 53.4 Å². The first kappa shape index (κ1) is 12.7. The number of rotatable bonds is 5. The molecule has 0 saturated carbocycles. The molecular weight excluding hydrogens is 236 g/mol. The lowest BCUT2D eigenvalue weighted by atomic mass is 10.2. The first-order valence-electron chi connectivity index (χ1n) is 5.85. The first-order valence-corrected chi connectivity index (χ1v) is 5.85. The zero-order valence-electron chi connectivity index (χ0n) is 10.2. The van der Waals surface area contributed by atoms with E-state index < -0.39 is 11.6 Å². The normalized spacial score (nSPS) is 10.8. The molecule has 18 heavy (non-hydrogen) atoms. The molecule has 2 rings (SSSR count). The van der Waals surface area contributed by atoms with E-state index in [0.717, 1.165) is 18.3 Å². The third-order valence-electron chi connectivity index (χ3n) is 2.62. The molecule has 1 aromatic heterocycles.